The first-order chi connectivity index (χ1) is 6.11. The van der Waals surface area contributed by atoms with Crippen molar-refractivity contribution in [2.24, 2.45) is 0 Å². The molecular weight excluding hydrogens is 164 g/mol. The highest BCUT2D eigenvalue weighted by atomic mass is 16.5. The first-order valence-corrected chi connectivity index (χ1v) is 5.09. The minimum atomic E-state index is 0.546. The fraction of sp³-hybridized carbons (Fsp3) is 1.00. The first-order valence-electron chi connectivity index (χ1n) is 5.09. The highest BCUT2D eigenvalue weighted by molar-refractivity contribution is 4.76. The van der Waals surface area contributed by atoms with Gasteiger partial charge in [-0.2, -0.15) is 0 Å². The average Bonchev–Trinajstić information content (AvgIpc) is 2.28. The predicted molar refractivity (Wildman–Crippen MR) is 55.0 cm³/mol. The molecule has 0 amide bonds. The molecule has 1 atom stereocenters. The SMILES string of the molecule is CC(C)N1CCOC[C@H](N(C)C)C1. The van der Waals surface area contributed by atoms with Gasteiger partial charge in [-0.25, -0.2) is 0 Å². The van der Waals surface area contributed by atoms with Crippen molar-refractivity contribution >= 4 is 0 Å². The molecule has 3 heteroatoms. The van der Waals surface area contributed by atoms with E-state index in [4.69, 9.17) is 4.74 Å². The van der Waals surface area contributed by atoms with Crippen LogP contribution in [0.15, 0.2) is 0 Å². The van der Waals surface area contributed by atoms with E-state index in [9.17, 15) is 0 Å². The molecular formula is C10H22N2O. The lowest BCUT2D eigenvalue weighted by molar-refractivity contribution is 0.103. The number of ether oxygens (including phenoxy) is 1. The van der Waals surface area contributed by atoms with Crippen LogP contribution in [0, 0.1) is 0 Å². The van der Waals surface area contributed by atoms with Gasteiger partial charge in [0.25, 0.3) is 0 Å². The van der Waals surface area contributed by atoms with Crippen LogP contribution in [0.1, 0.15) is 13.8 Å². The molecule has 1 heterocycles. The predicted octanol–water partition coefficient (Wildman–Crippen LogP) is 0.657. The molecule has 0 spiro atoms. The third-order valence-electron chi connectivity index (χ3n) is 2.74. The van der Waals surface area contributed by atoms with Crippen LogP contribution < -0.4 is 0 Å². The van der Waals surface area contributed by atoms with Gasteiger partial charge in [0.2, 0.25) is 0 Å². The van der Waals surface area contributed by atoms with Gasteiger partial charge >= 0.3 is 0 Å². The zero-order valence-electron chi connectivity index (χ0n) is 9.29. The van der Waals surface area contributed by atoms with E-state index in [2.05, 4.69) is 37.7 Å². The third kappa shape index (κ3) is 3.25. The van der Waals surface area contributed by atoms with Gasteiger partial charge in [-0.15, -0.1) is 0 Å². The van der Waals surface area contributed by atoms with Crippen LogP contribution in [0.5, 0.6) is 0 Å². The number of rotatable bonds is 2. The summed E-state index contributed by atoms with van der Waals surface area (Å²) in [6, 6.07) is 1.18. The quantitative estimate of drug-likeness (QED) is 0.630. The molecule has 0 aliphatic carbocycles. The van der Waals surface area contributed by atoms with Crippen molar-refractivity contribution in [2.75, 3.05) is 40.4 Å². The second kappa shape index (κ2) is 4.94. The second-order valence-electron chi connectivity index (χ2n) is 4.28. The van der Waals surface area contributed by atoms with Gasteiger partial charge in [0.1, 0.15) is 0 Å². The Morgan fingerprint density at radius 1 is 1.38 bits per heavy atom. The summed E-state index contributed by atoms with van der Waals surface area (Å²) in [4.78, 5) is 4.73. The van der Waals surface area contributed by atoms with Crippen LogP contribution >= 0.6 is 0 Å². The Morgan fingerprint density at radius 3 is 2.62 bits per heavy atom. The van der Waals surface area contributed by atoms with Crippen LogP contribution in [-0.2, 0) is 4.74 Å². The number of hydrogen-bond acceptors (Lipinski definition) is 3. The highest BCUT2D eigenvalue weighted by Gasteiger charge is 2.21. The van der Waals surface area contributed by atoms with E-state index >= 15 is 0 Å². The lowest BCUT2D eigenvalue weighted by Crippen LogP contribution is -2.43. The van der Waals surface area contributed by atoms with Gasteiger partial charge in [-0.3, -0.25) is 4.90 Å². The van der Waals surface area contributed by atoms with Gasteiger partial charge in [0.05, 0.1) is 13.2 Å². The Bertz CT molecular complexity index is 132. The molecule has 13 heavy (non-hydrogen) atoms. The number of likely N-dealkylation sites (N-methyl/N-ethyl adjacent to an activating group) is 1. The van der Waals surface area contributed by atoms with Crippen LogP contribution in [0.4, 0.5) is 0 Å². The molecule has 0 aromatic heterocycles. The standard InChI is InChI=1S/C10H22N2O/c1-9(2)12-5-6-13-8-10(7-12)11(3)4/h9-10H,5-8H2,1-4H3/t10-/m1/s1. The van der Waals surface area contributed by atoms with E-state index in [1.807, 2.05) is 0 Å². The summed E-state index contributed by atoms with van der Waals surface area (Å²) in [6.07, 6.45) is 0. The molecule has 0 radical (unpaired) electrons. The Labute approximate surface area is 81.7 Å². The van der Waals surface area contributed by atoms with Crippen LogP contribution in [0.2, 0.25) is 0 Å². The summed E-state index contributed by atoms with van der Waals surface area (Å²) >= 11 is 0. The summed E-state index contributed by atoms with van der Waals surface area (Å²) < 4.78 is 5.57. The molecule has 0 aromatic rings. The summed E-state index contributed by atoms with van der Waals surface area (Å²) in [5.41, 5.74) is 0. The van der Waals surface area contributed by atoms with Crippen molar-refractivity contribution in [1.82, 2.24) is 9.80 Å². The smallest absolute Gasteiger partial charge is 0.0634 e. The van der Waals surface area contributed by atoms with Crippen LogP contribution in [0.3, 0.4) is 0 Å². The van der Waals surface area contributed by atoms with Crippen molar-refractivity contribution in [3.8, 4) is 0 Å². The monoisotopic (exact) mass is 186 g/mol. The maximum Gasteiger partial charge on any atom is 0.0634 e. The highest BCUT2D eigenvalue weighted by Crippen LogP contribution is 2.07. The van der Waals surface area contributed by atoms with E-state index in [-0.39, 0.29) is 0 Å². The maximum absolute atomic E-state index is 5.57. The fourth-order valence-electron chi connectivity index (χ4n) is 1.60. The minimum Gasteiger partial charge on any atom is -0.378 e. The molecule has 0 N–H and O–H groups in total. The number of nitrogens with zero attached hydrogens (tertiary/aromatic N) is 2. The van der Waals surface area contributed by atoms with Gasteiger partial charge < -0.3 is 9.64 Å². The Hall–Kier alpha value is -0.120. The molecule has 1 saturated heterocycles. The van der Waals surface area contributed by atoms with E-state index < -0.39 is 0 Å². The van der Waals surface area contributed by atoms with Crippen LogP contribution in [-0.4, -0.2) is 62.3 Å². The fourth-order valence-corrected chi connectivity index (χ4v) is 1.60. The Kier molecular flexibility index (Phi) is 4.16. The van der Waals surface area contributed by atoms with Crippen molar-refractivity contribution in [3.05, 3.63) is 0 Å². The molecule has 0 unspecified atom stereocenters. The van der Waals surface area contributed by atoms with Crippen molar-refractivity contribution < 1.29 is 4.74 Å². The first kappa shape index (κ1) is 11.0. The number of hydrogen-bond donors (Lipinski definition) is 0. The summed E-state index contributed by atoms with van der Waals surface area (Å²) in [5.74, 6) is 0. The Morgan fingerprint density at radius 2 is 2.08 bits per heavy atom. The second-order valence-corrected chi connectivity index (χ2v) is 4.28. The normalized spacial score (nSPS) is 26.8. The lowest BCUT2D eigenvalue weighted by atomic mass is 10.2. The van der Waals surface area contributed by atoms with Crippen molar-refractivity contribution in [2.45, 2.75) is 25.9 Å². The Balaban J connectivity index is 2.49. The van der Waals surface area contributed by atoms with E-state index in [0.29, 0.717) is 12.1 Å². The average molecular weight is 186 g/mol. The van der Waals surface area contributed by atoms with Gasteiger partial charge in [0.15, 0.2) is 0 Å². The molecule has 3 nitrogen and oxygen atoms in total. The largest absolute Gasteiger partial charge is 0.378 e. The molecule has 0 aromatic carbocycles. The molecule has 0 bridgehead atoms. The van der Waals surface area contributed by atoms with E-state index in [1.165, 1.54) is 0 Å². The van der Waals surface area contributed by atoms with Gasteiger partial charge in [-0.05, 0) is 27.9 Å². The van der Waals surface area contributed by atoms with E-state index in [1.54, 1.807) is 0 Å². The molecule has 0 saturated carbocycles. The van der Waals surface area contributed by atoms with Crippen LogP contribution in [0.25, 0.3) is 0 Å². The zero-order chi connectivity index (χ0) is 9.84. The van der Waals surface area contributed by atoms with Crippen molar-refractivity contribution in [1.29, 1.82) is 0 Å². The topological polar surface area (TPSA) is 15.7 Å². The zero-order valence-corrected chi connectivity index (χ0v) is 9.29. The summed E-state index contributed by atoms with van der Waals surface area (Å²) in [6.45, 7) is 8.45. The molecule has 1 rings (SSSR count). The molecule has 1 aliphatic heterocycles. The molecule has 1 fully saturated rings. The summed E-state index contributed by atoms with van der Waals surface area (Å²) in [7, 11) is 4.25. The minimum absolute atomic E-state index is 0.546. The lowest BCUT2D eigenvalue weighted by Gasteiger charge is -2.29. The summed E-state index contributed by atoms with van der Waals surface area (Å²) in [5, 5.41) is 0. The maximum atomic E-state index is 5.57. The van der Waals surface area contributed by atoms with Gasteiger partial charge in [0, 0.05) is 25.2 Å². The van der Waals surface area contributed by atoms with Crippen molar-refractivity contribution in [3.63, 3.8) is 0 Å². The molecule has 1 aliphatic rings. The van der Waals surface area contributed by atoms with E-state index in [0.717, 1.165) is 26.3 Å². The third-order valence-corrected chi connectivity index (χ3v) is 2.74. The molecule has 78 valence electrons. The van der Waals surface area contributed by atoms with Gasteiger partial charge in [-0.1, -0.05) is 0 Å².